The standard InChI is InChI=1S/C20H30O3/c1-20(2,3)23-19(22)17-11-7-15(8-12-17)5-4-6-16-9-13-18(21)14-10-16/h7-8,11-12,16,18,21H,4-6,9-10,13-14H2,1-3H3. The lowest BCUT2D eigenvalue weighted by Gasteiger charge is -2.25. The third-order valence-corrected chi connectivity index (χ3v) is 4.48. The van der Waals surface area contributed by atoms with Gasteiger partial charge in [0.05, 0.1) is 11.7 Å². The molecule has 2 rings (SSSR count). The molecular formula is C20H30O3. The summed E-state index contributed by atoms with van der Waals surface area (Å²) in [6.45, 7) is 5.64. The lowest BCUT2D eigenvalue weighted by molar-refractivity contribution is 0.00695. The zero-order chi connectivity index (χ0) is 16.9. The average Bonchev–Trinajstić information content (AvgIpc) is 2.48. The maximum absolute atomic E-state index is 12.0. The van der Waals surface area contributed by atoms with Crippen LogP contribution in [-0.2, 0) is 11.2 Å². The summed E-state index contributed by atoms with van der Waals surface area (Å²) in [5, 5.41) is 9.53. The fourth-order valence-corrected chi connectivity index (χ4v) is 3.17. The average molecular weight is 318 g/mol. The maximum Gasteiger partial charge on any atom is 0.338 e. The largest absolute Gasteiger partial charge is 0.456 e. The number of carbonyl (C=O) groups is 1. The zero-order valence-corrected chi connectivity index (χ0v) is 14.7. The van der Waals surface area contributed by atoms with Crippen molar-refractivity contribution in [1.29, 1.82) is 0 Å². The van der Waals surface area contributed by atoms with Crippen LogP contribution in [0.4, 0.5) is 0 Å². The molecule has 1 saturated carbocycles. The van der Waals surface area contributed by atoms with Gasteiger partial charge in [0.1, 0.15) is 5.60 Å². The smallest absolute Gasteiger partial charge is 0.338 e. The monoisotopic (exact) mass is 318 g/mol. The summed E-state index contributed by atoms with van der Waals surface area (Å²) in [5.74, 6) is 0.518. The van der Waals surface area contributed by atoms with Gasteiger partial charge in [-0.2, -0.15) is 0 Å². The molecule has 1 fully saturated rings. The summed E-state index contributed by atoms with van der Waals surface area (Å²) in [6.07, 6.45) is 7.66. The molecule has 1 N–H and O–H groups in total. The topological polar surface area (TPSA) is 46.5 Å². The van der Waals surface area contributed by atoms with Crippen LogP contribution in [0.25, 0.3) is 0 Å². The van der Waals surface area contributed by atoms with E-state index in [1.807, 2.05) is 45.0 Å². The number of aliphatic hydroxyl groups is 1. The van der Waals surface area contributed by atoms with Gasteiger partial charge in [-0.1, -0.05) is 18.6 Å². The van der Waals surface area contributed by atoms with Gasteiger partial charge in [-0.3, -0.25) is 0 Å². The number of benzene rings is 1. The van der Waals surface area contributed by atoms with Gasteiger partial charge in [0, 0.05) is 0 Å². The van der Waals surface area contributed by atoms with E-state index in [2.05, 4.69) is 0 Å². The van der Waals surface area contributed by atoms with Gasteiger partial charge >= 0.3 is 5.97 Å². The molecule has 0 unspecified atom stereocenters. The van der Waals surface area contributed by atoms with Crippen LogP contribution in [0.3, 0.4) is 0 Å². The summed E-state index contributed by atoms with van der Waals surface area (Å²) >= 11 is 0. The van der Waals surface area contributed by atoms with Crippen molar-refractivity contribution in [2.45, 2.75) is 77.4 Å². The molecule has 1 aliphatic rings. The molecule has 0 radical (unpaired) electrons. The summed E-state index contributed by atoms with van der Waals surface area (Å²) in [5.41, 5.74) is 1.43. The van der Waals surface area contributed by atoms with Crippen LogP contribution in [0.1, 0.15) is 75.2 Å². The minimum atomic E-state index is -0.455. The normalized spacial score (nSPS) is 21.9. The number of hydrogen-bond donors (Lipinski definition) is 1. The molecule has 0 heterocycles. The Labute approximate surface area is 140 Å². The molecule has 0 bridgehead atoms. The fourth-order valence-electron chi connectivity index (χ4n) is 3.17. The van der Waals surface area contributed by atoms with Crippen molar-refractivity contribution < 1.29 is 14.6 Å². The number of rotatable bonds is 5. The minimum Gasteiger partial charge on any atom is -0.456 e. The van der Waals surface area contributed by atoms with Gasteiger partial charge in [-0.25, -0.2) is 4.79 Å². The van der Waals surface area contributed by atoms with E-state index in [0.717, 1.165) is 25.2 Å². The first-order valence-electron chi connectivity index (χ1n) is 8.84. The predicted octanol–water partition coefficient (Wildman–Crippen LogP) is 4.52. The van der Waals surface area contributed by atoms with Gasteiger partial charge in [0.25, 0.3) is 0 Å². The third-order valence-electron chi connectivity index (χ3n) is 4.48. The van der Waals surface area contributed by atoms with Gasteiger partial charge in [-0.05, 0) is 82.9 Å². The first-order valence-corrected chi connectivity index (χ1v) is 8.84. The second kappa shape index (κ2) is 7.96. The van der Waals surface area contributed by atoms with E-state index in [1.165, 1.54) is 31.2 Å². The molecule has 23 heavy (non-hydrogen) atoms. The number of carbonyl (C=O) groups excluding carboxylic acids is 1. The van der Waals surface area contributed by atoms with E-state index in [1.54, 1.807) is 0 Å². The second-order valence-electron chi connectivity index (χ2n) is 7.77. The lowest BCUT2D eigenvalue weighted by atomic mass is 9.84. The number of hydrogen-bond acceptors (Lipinski definition) is 3. The van der Waals surface area contributed by atoms with Gasteiger partial charge in [0.15, 0.2) is 0 Å². The summed E-state index contributed by atoms with van der Waals surface area (Å²) in [6, 6.07) is 7.79. The van der Waals surface area contributed by atoms with Gasteiger partial charge in [0.2, 0.25) is 0 Å². The van der Waals surface area contributed by atoms with Crippen molar-refractivity contribution in [3.8, 4) is 0 Å². The highest BCUT2D eigenvalue weighted by Gasteiger charge is 2.19. The predicted molar refractivity (Wildman–Crippen MR) is 92.5 cm³/mol. The summed E-state index contributed by atoms with van der Waals surface area (Å²) < 4.78 is 5.37. The van der Waals surface area contributed by atoms with Crippen LogP contribution in [0, 0.1) is 5.92 Å². The Hall–Kier alpha value is -1.35. The molecule has 0 saturated heterocycles. The van der Waals surface area contributed by atoms with Crippen LogP contribution in [0.15, 0.2) is 24.3 Å². The van der Waals surface area contributed by atoms with Crippen molar-refractivity contribution in [2.75, 3.05) is 0 Å². The van der Waals surface area contributed by atoms with Crippen molar-refractivity contribution in [1.82, 2.24) is 0 Å². The minimum absolute atomic E-state index is 0.0633. The highest BCUT2D eigenvalue weighted by atomic mass is 16.6. The lowest BCUT2D eigenvalue weighted by Crippen LogP contribution is -2.23. The Kier molecular flexibility index (Phi) is 6.23. The fraction of sp³-hybridized carbons (Fsp3) is 0.650. The number of esters is 1. The summed E-state index contributed by atoms with van der Waals surface area (Å²) in [7, 11) is 0. The molecule has 1 aromatic carbocycles. The van der Waals surface area contributed by atoms with Gasteiger partial charge < -0.3 is 9.84 Å². The van der Waals surface area contributed by atoms with E-state index in [9.17, 15) is 9.90 Å². The molecule has 128 valence electrons. The second-order valence-corrected chi connectivity index (χ2v) is 7.77. The highest BCUT2D eigenvalue weighted by molar-refractivity contribution is 5.89. The van der Waals surface area contributed by atoms with Crippen molar-refractivity contribution in [2.24, 2.45) is 5.92 Å². The molecule has 0 atom stereocenters. The van der Waals surface area contributed by atoms with Crippen molar-refractivity contribution >= 4 is 5.97 Å². The van der Waals surface area contributed by atoms with Crippen molar-refractivity contribution in [3.63, 3.8) is 0 Å². The van der Waals surface area contributed by atoms with E-state index < -0.39 is 5.60 Å². The molecule has 0 aromatic heterocycles. The Morgan fingerprint density at radius 1 is 1.13 bits per heavy atom. The molecule has 3 heteroatoms. The van der Waals surface area contributed by atoms with Crippen LogP contribution >= 0.6 is 0 Å². The number of aliphatic hydroxyl groups excluding tert-OH is 1. The van der Waals surface area contributed by atoms with Crippen LogP contribution < -0.4 is 0 Å². The Morgan fingerprint density at radius 3 is 2.30 bits per heavy atom. The van der Waals surface area contributed by atoms with E-state index >= 15 is 0 Å². The van der Waals surface area contributed by atoms with Crippen LogP contribution in [0.5, 0.6) is 0 Å². The molecule has 3 nitrogen and oxygen atoms in total. The summed E-state index contributed by atoms with van der Waals surface area (Å²) in [4.78, 5) is 12.0. The SMILES string of the molecule is CC(C)(C)OC(=O)c1ccc(CCCC2CCC(O)CC2)cc1. The molecule has 0 aliphatic heterocycles. The number of ether oxygens (including phenoxy) is 1. The molecular weight excluding hydrogens is 288 g/mol. The van der Waals surface area contributed by atoms with Crippen LogP contribution in [-0.4, -0.2) is 22.8 Å². The first kappa shape index (κ1) is 18.0. The molecule has 1 aliphatic carbocycles. The first-order chi connectivity index (χ1) is 10.8. The molecule has 0 spiro atoms. The van der Waals surface area contributed by atoms with Crippen LogP contribution in [0.2, 0.25) is 0 Å². The van der Waals surface area contributed by atoms with E-state index in [4.69, 9.17) is 4.74 Å². The Morgan fingerprint density at radius 2 is 1.74 bits per heavy atom. The van der Waals surface area contributed by atoms with E-state index in [-0.39, 0.29) is 12.1 Å². The van der Waals surface area contributed by atoms with Crippen molar-refractivity contribution in [3.05, 3.63) is 35.4 Å². The molecule has 1 aromatic rings. The van der Waals surface area contributed by atoms with E-state index in [0.29, 0.717) is 5.56 Å². The zero-order valence-electron chi connectivity index (χ0n) is 14.7. The quantitative estimate of drug-likeness (QED) is 0.812. The van der Waals surface area contributed by atoms with Gasteiger partial charge in [-0.15, -0.1) is 0 Å². The Balaban J connectivity index is 1.75. The Bertz CT molecular complexity index is 491. The number of aryl methyl sites for hydroxylation is 1. The highest BCUT2D eigenvalue weighted by Crippen LogP contribution is 2.28. The third kappa shape index (κ3) is 6.34. The molecule has 0 amide bonds. The maximum atomic E-state index is 12.0.